The van der Waals surface area contributed by atoms with Gasteiger partial charge in [0.1, 0.15) is 30.4 Å². The lowest BCUT2D eigenvalue weighted by Crippen LogP contribution is -2.70. The fraction of sp³-hybridized carbons (Fsp3) is 0.457. The molecule has 2 aliphatic carbocycles. The monoisotopic (exact) mass is 840 g/mol. The minimum absolute atomic E-state index is 0.000691. The summed E-state index contributed by atoms with van der Waals surface area (Å²) in [6.45, 7) is 6.57. The molecule has 6 rings (SSSR count). The van der Waals surface area contributed by atoms with Crippen LogP contribution in [0.5, 0.6) is 17.2 Å². The van der Waals surface area contributed by atoms with Gasteiger partial charge in [0.15, 0.2) is 0 Å². The number of nitrogens with one attached hydrogen (secondary N) is 1. The highest BCUT2D eigenvalue weighted by Crippen LogP contribution is 2.62. The van der Waals surface area contributed by atoms with E-state index in [9.17, 15) is 29.9 Å². The van der Waals surface area contributed by atoms with Crippen molar-refractivity contribution in [1.29, 1.82) is 0 Å². The predicted octanol–water partition coefficient (Wildman–Crippen LogP) is 8.06. The van der Waals surface area contributed by atoms with Crippen LogP contribution in [0.15, 0.2) is 102 Å². The number of aliphatic hydroxyl groups is 2. The first-order valence-electron chi connectivity index (χ1n) is 21.0. The van der Waals surface area contributed by atoms with E-state index in [0.717, 1.165) is 42.4 Å². The largest absolute Gasteiger partial charge is 0.459 e. The van der Waals surface area contributed by atoms with Crippen molar-refractivity contribution in [2.24, 2.45) is 22.9 Å². The zero-order valence-corrected chi connectivity index (χ0v) is 34.8. The van der Waals surface area contributed by atoms with Gasteiger partial charge >= 0.3 is 12.2 Å². The van der Waals surface area contributed by atoms with Crippen LogP contribution in [0.2, 0.25) is 0 Å². The number of carbonyl (C=O) groups is 2. The van der Waals surface area contributed by atoms with E-state index in [4.69, 9.17) is 23.8 Å². The van der Waals surface area contributed by atoms with Gasteiger partial charge in [-0.15, -0.1) is 6.58 Å². The van der Waals surface area contributed by atoms with Gasteiger partial charge in [-0.3, -0.25) is 15.0 Å². The molecule has 15 nitrogen and oxygen atoms in total. The number of nitro groups is 1. The van der Waals surface area contributed by atoms with Crippen LogP contribution in [0.4, 0.5) is 15.3 Å². The van der Waals surface area contributed by atoms with Crippen molar-refractivity contribution in [3.63, 3.8) is 0 Å². The minimum Gasteiger partial charge on any atom is -0.459 e. The number of oxime groups is 1. The lowest BCUT2D eigenvalue weighted by atomic mass is 9.55. The molecule has 0 radical (unpaired) electrons. The number of amides is 2. The van der Waals surface area contributed by atoms with Crippen LogP contribution in [0.3, 0.4) is 0 Å². The molecular weight excluding hydrogens is 785 g/mol. The molecule has 3 aromatic carbocycles. The summed E-state index contributed by atoms with van der Waals surface area (Å²) in [7, 11) is 1.47. The second kappa shape index (κ2) is 21.2. The molecule has 0 saturated heterocycles. The second-order valence-corrected chi connectivity index (χ2v) is 15.5. The lowest BCUT2D eigenvalue weighted by Gasteiger charge is -2.59. The van der Waals surface area contributed by atoms with Crippen molar-refractivity contribution in [3.8, 4) is 17.2 Å². The third-order valence-corrected chi connectivity index (χ3v) is 11.7. The number of nitro benzene ring substituents is 1. The number of fused-ring (bicyclic) bond motifs is 2. The van der Waals surface area contributed by atoms with E-state index in [1.54, 1.807) is 23.1 Å². The smallest absolute Gasteiger partial charge is 0.415 e. The van der Waals surface area contributed by atoms with Crippen molar-refractivity contribution in [1.82, 2.24) is 10.2 Å². The summed E-state index contributed by atoms with van der Waals surface area (Å²) >= 11 is 0. The first-order chi connectivity index (χ1) is 29.7. The van der Waals surface area contributed by atoms with Gasteiger partial charge in [0, 0.05) is 56.3 Å². The van der Waals surface area contributed by atoms with E-state index in [2.05, 4.69) is 23.1 Å². The molecule has 15 heteroatoms. The molecule has 0 bridgehead atoms. The second-order valence-electron chi connectivity index (χ2n) is 15.5. The summed E-state index contributed by atoms with van der Waals surface area (Å²) in [4.78, 5) is 45.5. The van der Waals surface area contributed by atoms with Crippen LogP contribution in [0.25, 0.3) is 0 Å². The van der Waals surface area contributed by atoms with Gasteiger partial charge in [0.05, 0.1) is 23.2 Å². The molecule has 0 spiro atoms. The molecule has 0 unspecified atom stereocenters. The van der Waals surface area contributed by atoms with E-state index >= 15 is 0 Å². The molecule has 3 aromatic rings. The normalized spacial score (nSPS) is 23.0. The number of benzene rings is 3. The maximum atomic E-state index is 14.5. The van der Waals surface area contributed by atoms with Crippen molar-refractivity contribution < 1.29 is 48.5 Å². The Bertz CT molecular complexity index is 2040. The number of carbonyl (C=O) groups excluding carboxylic acids is 2. The summed E-state index contributed by atoms with van der Waals surface area (Å²) in [6.07, 6.45) is 7.43. The summed E-state index contributed by atoms with van der Waals surface area (Å²) in [5.41, 5.74) is 3.01. The van der Waals surface area contributed by atoms with Gasteiger partial charge in [-0.1, -0.05) is 67.4 Å². The molecule has 1 saturated carbocycles. The zero-order chi connectivity index (χ0) is 43.4. The number of allylic oxidation sites excluding steroid dienone is 1. The molecular formula is C46H56N4O11. The highest BCUT2D eigenvalue weighted by molar-refractivity contribution is 6.03. The SMILES string of the molecule is C=CCO[C@@]12Oc3ccc(OC(=O)NCc4ccccc4)cc3[C@H]3[C@H](CCCCO)[C@@H](CCCCO)C=C(C(=NOC)C[C@@H]1N(CCC)C(=O)Oc1ccc([N+](=O)[O-])cc1)[C@H]32. The number of non-ortho nitro benzene ring substituents is 1. The maximum absolute atomic E-state index is 14.5. The molecule has 61 heavy (non-hydrogen) atoms. The lowest BCUT2D eigenvalue weighted by molar-refractivity contribution is -0.384. The Balaban J connectivity index is 1.49. The van der Waals surface area contributed by atoms with E-state index in [1.165, 1.54) is 31.4 Å². The zero-order valence-electron chi connectivity index (χ0n) is 34.8. The molecule has 3 N–H and O–H groups in total. The standard InChI is InChI=1S/C46H56N4O11/c1-4-23-49(45(54)60-34-19-17-33(18-20-34)50(55)56)41-29-39(48-57-3)37-27-32(15-9-11-24-51)36(16-10-12-25-52)42-38-28-35(59-44(53)47-30-31-13-7-6-8-14-31)21-22-40(38)61-46(41,43(37)42)58-26-5-2/h5-8,13-14,17-22,27-28,32,36,41-43,51-52H,2,4,9-12,15-16,23-26,29-30H2,1,3H3,(H,47,53)/t32-,36+,41-,42+,43+,46+/m0/s1. The van der Waals surface area contributed by atoms with Gasteiger partial charge in [-0.25, -0.2) is 9.59 Å². The first kappa shape index (κ1) is 44.8. The van der Waals surface area contributed by atoms with E-state index < -0.39 is 34.9 Å². The average molecular weight is 841 g/mol. The third kappa shape index (κ3) is 10.2. The van der Waals surface area contributed by atoms with Crippen molar-refractivity contribution in [2.45, 2.75) is 82.6 Å². The van der Waals surface area contributed by atoms with Crippen LogP contribution >= 0.6 is 0 Å². The van der Waals surface area contributed by atoms with Crippen LogP contribution < -0.4 is 19.5 Å². The molecule has 3 aliphatic rings. The van der Waals surface area contributed by atoms with Gasteiger partial charge in [-0.2, -0.15) is 0 Å². The van der Waals surface area contributed by atoms with Crippen LogP contribution in [-0.2, 0) is 16.1 Å². The fourth-order valence-corrected chi connectivity index (χ4v) is 9.15. The summed E-state index contributed by atoms with van der Waals surface area (Å²) in [5.74, 6) is -1.59. The van der Waals surface area contributed by atoms with Gasteiger partial charge in [-0.05, 0) is 85.4 Å². The molecule has 0 aromatic heterocycles. The van der Waals surface area contributed by atoms with E-state index in [0.29, 0.717) is 36.5 Å². The predicted molar refractivity (Wildman–Crippen MR) is 227 cm³/mol. The molecule has 1 aliphatic heterocycles. The Morgan fingerprint density at radius 1 is 1.02 bits per heavy atom. The number of aliphatic hydroxyl groups excluding tert-OH is 2. The number of hydrogen-bond donors (Lipinski definition) is 3. The Morgan fingerprint density at radius 2 is 1.74 bits per heavy atom. The Morgan fingerprint density at radius 3 is 2.41 bits per heavy atom. The Kier molecular flexibility index (Phi) is 15.5. The maximum Gasteiger partial charge on any atom is 0.415 e. The quantitative estimate of drug-likeness (QED) is 0.0432. The number of ether oxygens (including phenoxy) is 4. The van der Waals surface area contributed by atoms with Crippen molar-refractivity contribution in [2.75, 3.05) is 33.5 Å². The van der Waals surface area contributed by atoms with E-state index in [1.807, 2.05) is 43.3 Å². The summed E-state index contributed by atoms with van der Waals surface area (Å²) < 4.78 is 25.9. The fourth-order valence-electron chi connectivity index (χ4n) is 9.15. The molecule has 326 valence electrons. The topological polar surface area (TPSA) is 192 Å². The van der Waals surface area contributed by atoms with Crippen molar-refractivity contribution >= 4 is 23.6 Å². The van der Waals surface area contributed by atoms with Gasteiger partial charge in [0.25, 0.3) is 5.69 Å². The number of rotatable bonds is 20. The number of hydrogen-bond acceptors (Lipinski definition) is 12. The molecule has 2 amide bonds. The molecule has 1 heterocycles. The average Bonchev–Trinajstić information content (AvgIpc) is 3.26. The summed E-state index contributed by atoms with van der Waals surface area (Å²) in [5, 5.41) is 38.5. The Labute approximate surface area is 356 Å². The minimum atomic E-state index is -1.53. The van der Waals surface area contributed by atoms with Crippen LogP contribution in [-0.4, -0.2) is 83.2 Å². The molecule has 6 atom stereocenters. The number of nitrogens with zero attached hydrogens (tertiary/aromatic N) is 3. The van der Waals surface area contributed by atoms with Gasteiger partial charge < -0.3 is 39.3 Å². The van der Waals surface area contributed by atoms with Crippen molar-refractivity contribution in [3.05, 3.63) is 118 Å². The Hall–Kier alpha value is -5.77. The van der Waals surface area contributed by atoms with Gasteiger partial charge in [0.2, 0.25) is 5.79 Å². The van der Waals surface area contributed by atoms with Crippen LogP contribution in [0, 0.1) is 27.9 Å². The highest BCUT2D eigenvalue weighted by Gasteiger charge is 2.65. The molecule has 1 fully saturated rings. The summed E-state index contributed by atoms with van der Waals surface area (Å²) in [6, 6.07) is 19.3. The van der Waals surface area contributed by atoms with Crippen LogP contribution in [0.1, 0.15) is 75.3 Å². The first-order valence-corrected chi connectivity index (χ1v) is 21.0. The van der Waals surface area contributed by atoms with E-state index in [-0.39, 0.29) is 68.5 Å². The highest BCUT2D eigenvalue weighted by atomic mass is 16.7. The number of unbranched alkanes of at least 4 members (excludes halogenated alkanes) is 2. The third-order valence-electron chi connectivity index (χ3n) is 11.7.